The monoisotopic (exact) mass is 301 g/mol. The molecule has 2 aliphatic rings. The molecule has 112 valence electrons. The Morgan fingerprint density at radius 3 is 2.85 bits per heavy atom. The number of hydrogen-bond donors (Lipinski definition) is 1. The summed E-state index contributed by atoms with van der Waals surface area (Å²) in [6.45, 7) is 1.01. The van der Waals surface area contributed by atoms with E-state index >= 15 is 0 Å². The van der Waals surface area contributed by atoms with E-state index in [4.69, 9.17) is 9.15 Å². The largest absolute Gasteiger partial charge is 0.452 e. The van der Waals surface area contributed by atoms with E-state index in [2.05, 4.69) is 0 Å². The first-order valence-corrected chi connectivity index (χ1v) is 8.36. The number of sulfonamides is 1. The Balaban J connectivity index is 1.89. The molecular formula is C13H19NO5S. The second kappa shape index (κ2) is 5.48. The third kappa shape index (κ3) is 2.39. The van der Waals surface area contributed by atoms with Gasteiger partial charge in [-0.05, 0) is 25.0 Å². The zero-order valence-electron chi connectivity index (χ0n) is 11.1. The van der Waals surface area contributed by atoms with Crippen molar-refractivity contribution in [2.24, 2.45) is 5.92 Å². The molecular weight excluding hydrogens is 282 g/mol. The third-order valence-corrected chi connectivity index (χ3v) is 6.01. The molecule has 20 heavy (non-hydrogen) atoms. The highest BCUT2D eigenvalue weighted by molar-refractivity contribution is 7.89. The molecule has 1 aromatic heterocycles. The molecule has 0 unspecified atom stereocenters. The lowest BCUT2D eigenvalue weighted by atomic mass is 9.96. The molecule has 0 amide bonds. The van der Waals surface area contributed by atoms with Crippen molar-refractivity contribution in [1.82, 2.24) is 4.31 Å². The second-order valence-corrected chi connectivity index (χ2v) is 7.17. The zero-order valence-corrected chi connectivity index (χ0v) is 12.0. The summed E-state index contributed by atoms with van der Waals surface area (Å²) in [7, 11) is -3.65. The molecule has 0 radical (unpaired) electrons. The van der Waals surface area contributed by atoms with Crippen LogP contribution in [0.1, 0.15) is 19.3 Å². The van der Waals surface area contributed by atoms with Crippen molar-refractivity contribution >= 4 is 10.0 Å². The van der Waals surface area contributed by atoms with E-state index < -0.39 is 16.1 Å². The van der Waals surface area contributed by atoms with Crippen LogP contribution >= 0.6 is 0 Å². The van der Waals surface area contributed by atoms with Crippen LogP contribution in [0.25, 0.3) is 0 Å². The Hall–Kier alpha value is -0.890. The van der Waals surface area contributed by atoms with E-state index in [9.17, 15) is 13.5 Å². The smallest absolute Gasteiger partial charge is 0.276 e. The molecule has 2 fully saturated rings. The van der Waals surface area contributed by atoms with Crippen LogP contribution in [0.2, 0.25) is 0 Å². The van der Waals surface area contributed by atoms with E-state index in [1.54, 1.807) is 6.07 Å². The van der Waals surface area contributed by atoms with Crippen LogP contribution < -0.4 is 0 Å². The van der Waals surface area contributed by atoms with Gasteiger partial charge in [-0.3, -0.25) is 0 Å². The van der Waals surface area contributed by atoms with E-state index in [-0.39, 0.29) is 17.1 Å². The summed E-state index contributed by atoms with van der Waals surface area (Å²) in [4.78, 5) is 0. The topological polar surface area (TPSA) is 80.0 Å². The van der Waals surface area contributed by atoms with Gasteiger partial charge in [-0.1, -0.05) is 6.42 Å². The first kappa shape index (κ1) is 14.1. The van der Waals surface area contributed by atoms with Gasteiger partial charge in [-0.15, -0.1) is 0 Å². The standard InChI is InChI=1S/C13H19NO5S/c15-12-4-1-3-10(12)11-9-18-8-6-14(11)20(16,17)13-5-2-7-19-13/h2,5,7,10-12,15H,1,3-4,6,8-9H2/t10-,11+,12+/m0/s1. The number of ether oxygens (including phenoxy) is 1. The summed E-state index contributed by atoms with van der Waals surface area (Å²) in [5.41, 5.74) is 0. The quantitative estimate of drug-likeness (QED) is 0.894. The summed E-state index contributed by atoms with van der Waals surface area (Å²) in [5.74, 6) is -0.0555. The predicted molar refractivity (Wildman–Crippen MR) is 70.6 cm³/mol. The number of nitrogens with zero attached hydrogens (tertiary/aromatic N) is 1. The predicted octanol–water partition coefficient (Wildman–Crippen LogP) is 0.830. The van der Waals surface area contributed by atoms with Crippen LogP contribution in [0.4, 0.5) is 0 Å². The molecule has 1 aliphatic heterocycles. The maximum absolute atomic E-state index is 12.6. The zero-order chi connectivity index (χ0) is 14.2. The highest BCUT2D eigenvalue weighted by atomic mass is 32.2. The van der Waals surface area contributed by atoms with E-state index in [0.29, 0.717) is 19.8 Å². The third-order valence-electron chi connectivity index (χ3n) is 4.20. The van der Waals surface area contributed by atoms with Crippen molar-refractivity contribution < 1.29 is 22.7 Å². The van der Waals surface area contributed by atoms with Crippen molar-refractivity contribution in [3.63, 3.8) is 0 Å². The first-order chi connectivity index (χ1) is 9.60. The minimum Gasteiger partial charge on any atom is -0.452 e. The molecule has 0 bridgehead atoms. The maximum atomic E-state index is 12.6. The number of aliphatic hydroxyl groups excluding tert-OH is 1. The Morgan fingerprint density at radius 1 is 1.35 bits per heavy atom. The second-order valence-electron chi connectivity index (χ2n) is 5.35. The minimum absolute atomic E-state index is 0.0445. The molecule has 0 aromatic carbocycles. The Morgan fingerprint density at radius 2 is 2.20 bits per heavy atom. The van der Waals surface area contributed by atoms with Gasteiger partial charge in [-0.2, -0.15) is 4.31 Å². The van der Waals surface area contributed by atoms with E-state index in [0.717, 1.165) is 19.3 Å². The van der Waals surface area contributed by atoms with Gasteiger partial charge >= 0.3 is 0 Å². The molecule has 1 aromatic rings. The van der Waals surface area contributed by atoms with Crippen molar-refractivity contribution in [3.8, 4) is 0 Å². The van der Waals surface area contributed by atoms with Crippen LogP contribution in [-0.2, 0) is 14.8 Å². The van der Waals surface area contributed by atoms with Crippen LogP contribution in [0.15, 0.2) is 27.9 Å². The maximum Gasteiger partial charge on any atom is 0.276 e. The van der Waals surface area contributed by atoms with Crippen LogP contribution in [0.5, 0.6) is 0 Å². The number of morpholine rings is 1. The fraction of sp³-hybridized carbons (Fsp3) is 0.692. The van der Waals surface area contributed by atoms with Gasteiger partial charge in [-0.25, -0.2) is 8.42 Å². The Bertz CT molecular complexity index is 541. The number of hydrogen-bond acceptors (Lipinski definition) is 5. The number of furan rings is 1. The summed E-state index contributed by atoms with van der Waals surface area (Å²) in [6.07, 6.45) is 3.40. The Kier molecular flexibility index (Phi) is 3.85. The van der Waals surface area contributed by atoms with Gasteiger partial charge in [0, 0.05) is 12.5 Å². The first-order valence-electron chi connectivity index (χ1n) is 6.92. The summed E-state index contributed by atoms with van der Waals surface area (Å²) in [6, 6.07) is 2.70. The summed E-state index contributed by atoms with van der Waals surface area (Å²) in [5, 5.41) is 10.0. The average molecular weight is 301 g/mol. The molecule has 1 aliphatic carbocycles. The average Bonchev–Trinajstić information content (AvgIpc) is 3.10. The molecule has 0 spiro atoms. The molecule has 1 N–H and O–H groups in total. The molecule has 1 saturated heterocycles. The van der Waals surface area contributed by atoms with Gasteiger partial charge in [0.25, 0.3) is 10.0 Å². The highest BCUT2D eigenvalue weighted by Crippen LogP contribution is 2.34. The molecule has 3 rings (SSSR count). The highest BCUT2D eigenvalue weighted by Gasteiger charge is 2.43. The fourth-order valence-corrected chi connectivity index (χ4v) is 4.73. The van der Waals surface area contributed by atoms with Gasteiger partial charge in [0.1, 0.15) is 0 Å². The molecule has 3 atom stereocenters. The van der Waals surface area contributed by atoms with Crippen molar-refractivity contribution in [2.45, 2.75) is 36.5 Å². The van der Waals surface area contributed by atoms with Gasteiger partial charge in [0.2, 0.25) is 5.09 Å². The minimum atomic E-state index is -3.65. The number of rotatable bonds is 3. The van der Waals surface area contributed by atoms with Crippen LogP contribution in [0, 0.1) is 5.92 Å². The van der Waals surface area contributed by atoms with Crippen LogP contribution in [-0.4, -0.2) is 49.7 Å². The van der Waals surface area contributed by atoms with Crippen molar-refractivity contribution in [2.75, 3.05) is 19.8 Å². The summed E-state index contributed by atoms with van der Waals surface area (Å²) >= 11 is 0. The van der Waals surface area contributed by atoms with E-state index in [1.165, 1.54) is 16.6 Å². The van der Waals surface area contributed by atoms with Crippen LogP contribution in [0.3, 0.4) is 0 Å². The SMILES string of the molecule is O=S(=O)(c1ccco1)N1CCOC[C@@H]1[C@@H]1CCC[C@H]1O. The fourth-order valence-electron chi connectivity index (χ4n) is 3.19. The molecule has 6 nitrogen and oxygen atoms in total. The summed E-state index contributed by atoms with van der Waals surface area (Å²) < 4.78 is 37.2. The Labute approximate surface area is 118 Å². The normalized spacial score (nSPS) is 32.5. The van der Waals surface area contributed by atoms with Gasteiger partial charge in [0.05, 0.1) is 31.6 Å². The lowest BCUT2D eigenvalue weighted by molar-refractivity contribution is -0.0152. The molecule has 2 heterocycles. The molecule has 1 saturated carbocycles. The number of aliphatic hydroxyl groups is 1. The molecule has 7 heteroatoms. The van der Waals surface area contributed by atoms with Crippen molar-refractivity contribution in [1.29, 1.82) is 0 Å². The van der Waals surface area contributed by atoms with Gasteiger partial charge in [0.15, 0.2) is 0 Å². The van der Waals surface area contributed by atoms with Crippen molar-refractivity contribution in [3.05, 3.63) is 18.4 Å². The van der Waals surface area contributed by atoms with Gasteiger partial charge < -0.3 is 14.3 Å². The lowest BCUT2D eigenvalue weighted by Crippen LogP contribution is -2.53. The van der Waals surface area contributed by atoms with E-state index in [1.807, 2.05) is 0 Å². The lowest BCUT2D eigenvalue weighted by Gasteiger charge is -2.38.